The molecule has 1 aliphatic rings. The Hall–Kier alpha value is -3.55. The largest absolute Gasteiger partial charge is 0.493 e. The number of hydrogen-bond acceptors (Lipinski definition) is 7. The molecule has 0 amide bonds. The molecule has 2 aromatic carbocycles. The number of nitrogens with one attached hydrogen (secondary N) is 1. The fourth-order valence-electron chi connectivity index (χ4n) is 4.07. The predicted molar refractivity (Wildman–Crippen MR) is 112 cm³/mol. The highest BCUT2D eigenvalue weighted by Gasteiger charge is 2.33. The van der Waals surface area contributed by atoms with Crippen LogP contribution in [0.1, 0.15) is 11.1 Å². The van der Waals surface area contributed by atoms with Gasteiger partial charge in [0.25, 0.3) is 0 Å². The molecule has 0 fully saturated rings. The van der Waals surface area contributed by atoms with E-state index in [1.807, 2.05) is 18.2 Å². The van der Waals surface area contributed by atoms with E-state index in [9.17, 15) is 0 Å². The summed E-state index contributed by atoms with van der Waals surface area (Å²) in [5.74, 6) is 3.45. The number of methoxy groups -OCH3 is 6. The molecule has 4 rings (SSSR count). The van der Waals surface area contributed by atoms with Gasteiger partial charge in [-0.15, -0.1) is 0 Å². The van der Waals surface area contributed by atoms with E-state index >= 15 is 0 Å². The number of rotatable bonds is 7. The minimum atomic E-state index is 0.519. The minimum absolute atomic E-state index is 0.519. The minimum Gasteiger partial charge on any atom is -0.493 e. The van der Waals surface area contributed by atoms with Crippen LogP contribution in [0.4, 0.5) is 0 Å². The van der Waals surface area contributed by atoms with Crippen LogP contribution in [0.2, 0.25) is 0 Å². The van der Waals surface area contributed by atoms with Gasteiger partial charge >= 0.3 is 0 Å². The molecule has 8 heteroatoms. The second-order valence-corrected chi connectivity index (χ2v) is 6.66. The van der Waals surface area contributed by atoms with Crippen molar-refractivity contribution in [2.45, 2.75) is 6.42 Å². The molecule has 0 radical (unpaired) electrons. The van der Waals surface area contributed by atoms with Gasteiger partial charge in [-0.2, -0.15) is 5.10 Å². The van der Waals surface area contributed by atoms with Crippen molar-refractivity contribution in [2.75, 3.05) is 42.7 Å². The number of aromatic nitrogens is 2. The van der Waals surface area contributed by atoms with Crippen molar-refractivity contribution in [2.24, 2.45) is 0 Å². The maximum atomic E-state index is 5.69. The Morgan fingerprint density at radius 3 is 1.97 bits per heavy atom. The van der Waals surface area contributed by atoms with Gasteiger partial charge in [-0.1, -0.05) is 0 Å². The molecule has 0 saturated heterocycles. The van der Waals surface area contributed by atoms with Crippen molar-refractivity contribution < 1.29 is 28.4 Å². The zero-order chi connectivity index (χ0) is 21.4. The molecular weight excluding hydrogens is 388 g/mol. The second kappa shape index (κ2) is 7.70. The Morgan fingerprint density at radius 2 is 1.37 bits per heavy atom. The number of benzene rings is 2. The molecule has 0 saturated carbocycles. The van der Waals surface area contributed by atoms with E-state index < -0.39 is 0 Å². The number of hydrogen-bond donors (Lipinski definition) is 1. The van der Waals surface area contributed by atoms with Crippen molar-refractivity contribution in [1.29, 1.82) is 0 Å². The first kappa shape index (κ1) is 19.8. The Morgan fingerprint density at radius 1 is 0.733 bits per heavy atom. The van der Waals surface area contributed by atoms with Gasteiger partial charge < -0.3 is 28.4 Å². The third-order valence-corrected chi connectivity index (χ3v) is 5.36. The third-order valence-electron chi connectivity index (χ3n) is 5.36. The molecule has 1 N–H and O–H groups in total. The van der Waals surface area contributed by atoms with Gasteiger partial charge in [0.05, 0.1) is 48.4 Å². The van der Waals surface area contributed by atoms with E-state index in [4.69, 9.17) is 28.4 Å². The highest BCUT2D eigenvalue weighted by atomic mass is 16.5. The standard InChI is InChI=1S/C22H24N2O6/c1-25-14-8-7-12(19(27-3)20(14)28-4)17-13-9-11-10-15(26-2)21(29-5)22(30-6)16(11)18(13)24-23-17/h7-8,10H,9H2,1-6H3,(H,23,24). The van der Waals surface area contributed by atoms with Crippen LogP contribution in [0.15, 0.2) is 18.2 Å². The van der Waals surface area contributed by atoms with Gasteiger partial charge in [0.15, 0.2) is 23.0 Å². The van der Waals surface area contributed by atoms with Crippen LogP contribution in [0, 0.1) is 0 Å². The SMILES string of the molecule is COc1ccc(-c2n[nH]c3c2Cc2cc(OC)c(OC)c(OC)c2-3)c(OC)c1OC. The lowest BCUT2D eigenvalue weighted by Gasteiger charge is -2.16. The first-order valence-electron chi connectivity index (χ1n) is 9.32. The molecule has 30 heavy (non-hydrogen) atoms. The zero-order valence-corrected chi connectivity index (χ0v) is 17.8. The quantitative estimate of drug-likeness (QED) is 0.495. The van der Waals surface area contributed by atoms with Gasteiger partial charge in [-0.05, 0) is 23.8 Å². The summed E-state index contributed by atoms with van der Waals surface area (Å²) in [4.78, 5) is 0. The number of nitrogens with zero attached hydrogens (tertiary/aromatic N) is 1. The summed E-state index contributed by atoms with van der Waals surface area (Å²) in [7, 11) is 9.59. The normalized spacial score (nSPS) is 11.5. The summed E-state index contributed by atoms with van der Waals surface area (Å²) in [6.45, 7) is 0. The van der Waals surface area contributed by atoms with Crippen LogP contribution in [0.5, 0.6) is 34.5 Å². The second-order valence-electron chi connectivity index (χ2n) is 6.66. The average molecular weight is 412 g/mol. The van der Waals surface area contributed by atoms with E-state index in [1.54, 1.807) is 42.7 Å². The van der Waals surface area contributed by atoms with Crippen molar-refractivity contribution in [1.82, 2.24) is 10.2 Å². The van der Waals surface area contributed by atoms with Crippen LogP contribution in [-0.2, 0) is 6.42 Å². The van der Waals surface area contributed by atoms with E-state index in [2.05, 4.69) is 10.2 Å². The topological polar surface area (TPSA) is 84.1 Å². The number of aromatic amines is 1. The van der Waals surface area contributed by atoms with Crippen LogP contribution in [0.3, 0.4) is 0 Å². The van der Waals surface area contributed by atoms with Gasteiger partial charge in [0.2, 0.25) is 11.5 Å². The maximum absolute atomic E-state index is 5.69. The lowest BCUT2D eigenvalue weighted by molar-refractivity contribution is 0.325. The molecule has 0 aliphatic heterocycles. The number of fused-ring (bicyclic) bond motifs is 3. The van der Waals surface area contributed by atoms with Gasteiger partial charge in [-0.3, -0.25) is 5.10 Å². The Balaban J connectivity index is 1.92. The summed E-state index contributed by atoms with van der Waals surface area (Å²) in [6.07, 6.45) is 0.657. The highest BCUT2D eigenvalue weighted by molar-refractivity contribution is 5.89. The molecule has 8 nitrogen and oxygen atoms in total. The van der Waals surface area contributed by atoms with Crippen molar-refractivity contribution in [3.63, 3.8) is 0 Å². The molecule has 1 heterocycles. The molecule has 1 aromatic heterocycles. The molecule has 0 bridgehead atoms. The van der Waals surface area contributed by atoms with Crippen LogP contribution >= 0.6 is 0 Å². The molecule has 0 unspecified atom stereocenters. The van der Waals surface area contributed by atoms with E-state index in [0.29, 0.717) is 40.9 Å². The van der Waals surface area contributed by atoms with E-state index in [1.165, 1.54) is 0 Å². The summed E-state index contributed by atoms with van der Waals surface area (Å²) in [5.41, 5.74) is 5.48. The van der Waals surface area contributed by atoms with Gasteiger partial charge in [0.1, 0.15) is 5.69 Å². The molecular formula is C22H24N2O6. The van der Waals surface area contributed by atoms with Crippen LogP contribution < -0.4 is 28.4 Å². The Bertz CT molecular complexity index is 1110. The maximum Gasteiger partial charge on any atom is 0.203 e. The molecule has 158 valence electrons. The molecule has 1 aliphatic carbocycles. The lowest BCUT2D eigenvalue weighted by Crippen LogP contribution is -1.99. The smallest absolute Gasteiger partial charge is 0.203 e. The fourth-order valence-corrected chi connectivity index (χ4v) is 4.07. The number of ether oxygens (including phenoxy) is 6. The third kappa shape index (κ3) is 2.71. The number of H-pyrrole nitrogens is 1. The first-order valence-corrected chi connectivity index (χ1v) is 9.32. The summed E-state index contributed by atoms with van der Waals surface area (Å²) in [6, 6.07) is 5.73. The summed E-state index contributed by atoms with van der Waals surface area (Å²) < 4.78 is 33.3. The Labute approximate surface area is 174 Å². The van der Waals surface area contributed by atoms with Crippen LogP contribution in [0.25, 0.3) is 22.5 Å². The summed E-state index contributed by atoms with van der Waals surface area (Å²) >= 11 is 0. The van der Waals surface area contributed by atoms with Crippen molar-refractivity contribution in [3.8, 4) is 57.0 Å². The van der Waals surface area contributed by atoms with Gasteiger partial charge in [-0.25, -0.2) is 0 Å². The Kier molecular flexibility index (Phi) is 5.07. The molecule has 3 aromatic rings. The zero-order valence-electron chi connectivity index (χ0n) is 17.8. The molecule has 0 atom stereocenters. The average Bonchev–Trinajstić information content (AvgIpc) is 3.35. The van der Waals surface area contributed by atoms with E-state index in [0.717, 1.165) is 33.6 Å². The summed E-state index contributed by atoms with van der Waals surface area (Å²) in [5, 5.41) is 7.76. The highest BCUT2D eigenvalue weighted by Crippen LogP contribution is 2.53. The predicted octanol–water partition coefficient (Wildman–Crippen LogP) is 3.70. The van der Waals surface area contributed by atoms with Crippen molar-refractivity contribution in [3.05, 3.63) is 29.3 Å². The van der Waals surface area contributed by atoms with Crippen molar-refractivity contribution >= 4 is 0 Å². The van der Waals surface area contributed by atoms with E-state index in [-0.39, 0.29) is 0 Å². The fraction of sp³-hybridized carbons (Fsp3) is 0.318. The monoisotopic (exact) mass is 412 g/mol. The molecule has 0 spiro atoms. The first-order chi connectivity index (χ1) is 14.6. The lowest BCUT2D eigenvalue weighted by atomic mass is 10.0. The van der Waals surface area contributed by atoms with Gasteiger partial charge in [0, 0.05) is 23.1 Å². The van der Waals surface area contributed by atoms with Crippen LogP contribution in [-0.4, -0.2) is 52.9 Å².